The minimum Gasteiger partial charge on any atom is -0.301 e. The van der Waals surface area contributed by atoms with E-state index in [2.05, 4.69) is 10.3 Å². The summed E-state index contributed by atoms with van der Waals surface area (Å²) >= 11 is 8.82. The molecule has 2 heterocycles. The van der Waals surface area contributed by atoms with Crippen LogP contribution in [0.1, 0.15) is 6.92 Å². The number of carbonyl (C=O) groups is 1. The number of amides is 1. The molecule has 0 fully saturated rings. The van der Waals surface area contributed by atoms with Gasteiger partial charge in [-0.15, -0.1) is 11.3 Å². The molecule has 5 rings (SSSR count). The molecule has 35 heavy (non-hydrogen) atoms. The van der Waals surface area contributed by atoms with Gasteiger partial charge in [0, 0.05) is 16.0 Å². The Morgan fingerprint density at radius 3 is 2.51 bits per heavy atom. The first-order chi connectivity index (χ1) is 17.0. The maximum atomic E-state index is 13.3. The van der Waals surface area contributed by atoms with Crippen molar-refractivity contribution in [2.45, 2.75) is 17.3 Å². The summed E-state index contributed by atoms with van der Waals surface area (Å²) in [5.41, 5.74) is 2.60. The van der Waals surface area contributed by atoms with Gasteiger partial charge in [0.05, 0.1) is 27.5 Å². The zero-order chi connectivity index (χ0) is 24.4. The number of halogens is 1. The number of anilines is 1. The standard InChI is InChI=1S/C26H19ClN4O2S2/c1-16(23(32)30-25-28-22(15-34-25)18-11-5-7-13-20(18)27)35-26-29-21-14-8-6-12-19(21)24(33)31(26)17-9-3-2-4-10-17/h2-16H,1H3,(H,28,30,32). The molecule has 0 spiro atoms. The van der Waals surface area contributed by atoms with E-state index >= 15 is 0 Å². The van der Waals surface area contributed by atoms with E-state index in [-0.39, 0.29) is 11.5 Å². The van der Waals surface area contributed by atoms with Gasteiger partial charge in [0.2, 0.25) is 5.91 Å². The smallest absolute Gasteiger partial charge is 0.266 e. The van der Waals surface area contributed by atoms with E-state index in [1.165, 1.54) is 23.1 Å². The lowest BCUT2D eigenvalue weighted by molar-refractivity contribution is -0.115. The second-order valence-corrected chi connectivity index (χ2v) is 10.2. The van der Waals surface area contributed by atoms with Gasteiger partial charge in [0.15, 0.2) is 10.3 Å². The van der Waals surface area contributed by atoms with Gasteiger partial charge in [0.1, 0.15) is 0 Å². The van der Waals surface area contributed by atoms with Crippen LogP contribution in [0, 0.1) is 0 Å². The lowest BCUT2D eigenvalue weighted by atomic mass is 10.2. The van der Waals surface area contributed by atoms with Crippen molar-refractivity contribution in [2.75, 3.05) is 5.32 Å². The molecule has 0 saturated carbocycles. The molecule has 1 N–H and O–H groups in total. The summed E-state index contributed by atoms with van der Waals surface area (Å²) in [6.45, 7) is 1.78. The van der Waals surface area contributed by atoms with E-state index in [1.807, 2.05) is 66.0 Å². The Kier molecular flexibility index (Phi) is 6.68. The molecule has 5 aromatic rings. The normalized spacial score (nSPS) is 11.9. The lowest BCUT2D eigenvalue weighted by Gasteiger charge is -2.16. The molecule has 0 radical (unpaired) electrons. The Bertz CT molecular complexity index is 1580. The first-order valence-electron chi connectivity index (χ1n) is 10.8. The Balaban J connectivity index is 1.42. The predicted octanol–water partition coefficient (Wildman–Crippen LogP) is 6.28. The average Bonchev–Trinajstić information content (AvgIpc) is 3.33. The average molecular weight is 519 g/mol. The van der Waals surface area contributed by atoms with Gasteiger partial charge in [-0.3, -0.25) is 14.2 Å². The summed E-state index contributed by atoms with van der Waals surface area (Å²) in [5, 5.41) is 6.23. The number of benzene rings is 3. The molecule has 1 atom stereocenters. The van der Waals surface area contributed by atoms with Crippen LogP contribution in [0.2, 0.25) is 5.02 Å². The van der Waals surface area contributed by atoms with Crippen molar-refractivity contribution < 1.29 is 4.79 Å². The molecule has 6 nitrogen and oxygen atoms in total. The van der Waals surface area contributed by atoms with Crippen LogP contribution in [0.3, 0.4) is 0 Å². The summed E-state index contributed by atoms with van der Waals surface area (Å²) in [4.78, 5) is 35.6. The third kappa shape index (κ3) is 4.86. The maximum Gasteiger partial charge on any atom is 0.266 e. The molecule has 3 aromatic carbocycles. The second-order valence-electron chi connectivity index (χ2n) is 7.65. The van der Waals surface area contributed by atoms with Gasteiger partial charge < -0.3 is 5.32 Å². The first-order valence-corrected chi connectivity index (χ1v) is 12.9. The lowest BCUT2D eigenvalue weighted by Crippen LogP contribution is -2.26. The summed E-state index contributed by atoms with van der Waals surface area (Å²) in [7, 11) is 0. The van der Waals surface area contributed by atoms with Crippen LogP contribution < -0.4 is 10.9 Å². The zero-order valence-corrected chi connectivity index (χ0v) is 20.9. The molecular weight excluding hydrogens is 500 g/mol. The number of fused-ring (bicyclic) bond motifs is 1. The van der Waals surface area contributed by atoms with E-state index in [0.29, 0.717) is 37.6 Å². The molecule has 2 aromatic heterocycles. The Morgan fingerprint density at radius 2 is 1.71 bits per heavy atom. The Labute approximate surface area is 214 Å². The number of hydrogen-bond donors (Lipinski definition) is 1. The molecule has 0 aliphatic rings. The fraction of sp³-hybridized carbons (Fsp3) is 0.0769. The number of carbonyl (C=O) groups excluding carboxylic acids is 1. The molecule has 0 aliphatic heterocycles. The topological polar surface area (TPSA) is 76.9 Å². The van der Waals surface area contributed by atoms with Crippen LogP contribution in [0.4, 0.5) is 5.13 Å². The van der Waals surface area contributed by atoms with Crippen LogP contribution in [-0.2, 0) is 4.79 Å². The molecule has 1 unspecified atom stereocenters. The number of hydrogen-bond acceptors (Lipinski definition) is 6. The molecule has 0 bridgehead atoms. The molecule has 1 amide bonds. The molecule has 174 valence electrons. The largest absolute Gasteiger partial charge is 0.301 e. The number of thiazole rings is 1. The van der Waals surface area contributed by atoms with E-state index in [0.717, 1.165) is 5.56 Å². The number of nitrogens with one attached hydrogen (secondary N) is 1. The summed E-state index contributed by atoms with van der Waals surface area (Å²) in [5.74, 6) is -0.239. The maximum absolute atomic E-state index is 13.3. The minimum atomic E-state index is -0.536. The van der Waals surface area contributed by atoms with Crippen LogP contribution in [0.5, 0.6) is 0 Å². The molecular formula is C26H19ClN4O2S2. The highest BCUT2D eigenvalue weighted by Crippen LogP contribution is 2.31. The van der Waals surface area contributed by atoms with Crippen LogP contribution in [0.25, 0.3) is 27.8 Å². The van der Waals surface area contributed by atoms with Crippen LogP contribution >= 0.6 is 34.7 Å². The first kappa shape index (κ1) is 23.3. The summed E-state index contributed by atoms with van der Waals surface area (Å²) in [6.07, 6.45) is 0. The van der Waals surface area contributed by atoms with E-state index in [4.69, 9.17) is 16.6 Å². The van der Waals surface area contributed by atoms with Gasteiger partial charge in [0.25, 0.3) is 5.56 Å². The van der Waals surface area contributed by atoms with Crippen molar-refractivity contribution in [2.24, 2.45) is 0 Å². The van der Waals surface area contributed by atoms with Gasteiger partial charge in [-0.25, -0.2) is 9.97 Å². The van der Waals surface area contributed by atoms with E-state index < -0.39 is 5.25 Å². The fourth-order valence-electron chi connectivity index (χ4n) is 3.54. The molecule has 0 saturated heterocycles. The van der Waals surface area contributed by atoms with Crippen LogP contribution in [0.15, 0.2) is 94.2 Å². The fourth-order valence-corrected chi connectivity index (χ4v) is 5.41. The van der Waals surface area contributed by atoms with Gasteiger partial charge >= 0.3 is 0 Å². The third-order valence-electron chi connectivity index (χ3n) is 5.29. The summed E-state index contributed by atoms with van der Waals surface area (Å²) < 4.78 is 1.55. The van der Waals surface area contributed by atoms with Crippen LogP contribution in [-0.4, -0.2) is 25.7 Å². The second kappa shape index (κ2) is 10.0. The zero-order valence-electron chi connectivity index (χ0n) is 18.5. The highest BCUT2D eigenvalue weighted by Gasteiger charge is 2.21. The number of aromatic nitrogens is 3. The number of para-hydroxylation sites is 2. The van der Waals surface area contributed by atoms with Crippen molar-refractivity contribution in [3.8, 4) is 16.9 Å². The number of rotatable bonds is 6. The Hall–Kier alpha value is -3.46. The van der Waals surface area contributed by atoms with Gasteiger partial charge in [-0.05, 0) is 37.3 Å². The van der Waals surface area contributed by atoms with Crippen molar-refractivity contribution in [3.05, 3.63) is 99.6 Å². The monoisotopic (exact) mass is 518 g/mol. The van der Waals surface area contributed by atoms with Crippen molar-refractivity contribution in [3.63, 3.8) is 0 Å². The van der Waals surface area contributed by atoms with Crippen molar-refractivity contribution in [1.82, 2.24) is 14.5 Å². The molecule has 9 heteroatoms. The highest BCUT2D eigenvalue weighted by atomic mass is 35.5. The highest BCUT2D eigenvalue weighted by molar-refractivity contribution is 8.00. The van der Waals surface area contributed by atoms with E-state index in [9.17, 15) is 9.59 Å². The quantitative estimate of drug-likeness (QED) is 0.211. The SMILES string of the molecule is CC(Sc1nc2ccccc2c(=O)n1-c1ccccc1)C(=O)Nc1nc(-c2ccccc2Cl)cs1. The van der Waals surface area contributed by atoms with Crippen molar-refractivity contribution >= 4 is 56.6 Å². The Morgan fingerprint density at radius 1 is 1.00 bits per heavy atom. The van der Waals surface area contributed by atoms with Gasteiger partial charge in [-0.1, -0.05) is 71.9 Å². The minimum absolute atomic E-state index is 0.179. The number of thioether (sulfide) groups is 1. The van der Waals surface area contributed by atoms with E-state index in [1.54, 1.807) is 29.7 Å². The van der Waals surface area contributed by atoms with Crippen molar-refractivity contribution in [1.29, 1.82) is 0 Å². The molecule has 0 aliphatic carbocycles. The van der Waals surface area contributed by atoms with Gasteiger partial charge in [-0.2, -0.15) is 0 Å². The summed E-state index contributed by atoms with van der Waals surface area (Å²) in [6, 6.07) is 23.9. The predicted molar refractivity (Wildman–Crippen MR) is 144 cm³/mol. The third-order valence-corrected chi connectivity index (χ3v) is 7.43. The number of nitrogens with zero attached hydrogens (tertiary/aromatic N) is 3.